The average molecular weight is 246 g/mol. The van der Waals surface area contributed by atoms with Crippen molar-refractivity contribution in [2.75, 3.05) is 31.6 Å². The van der Waals surface area contributed by atoms with E-state index in [1.54, 1.807) is 0 Å². The van der Waals surface area contributed by atoms with Gasteiger partial charge in [-0.1, -0.05) is 12.5 Å². The van der Waals surface area contributed by atoms with Gasteiger partial charge in [0.15, 0.2) is 0 Å². The molecule has 2 heterocycles. The molecule has 0 bridgehead atoms. The number of rotatable bonds is 2. The van der Waals surface area contributed by atoms with Crippen LogP contribution in [0.3, 0.4) is 0 Å². The van der Waals surface area contributed by atoms with Crippen LogP contribution in [-0.2, 0) is 6.42 Å². The highest BCUT2D eigenvalue weighted by molar-refractivity contribution is 5.61. The minimum Gasteiger partial charge on any atom is -0.490 e. The predicted octanol–water partition coefficient (Wildman–Crippen LogP) is 2.20. The Hall–Kier alpha value is -1.22. The zero-order chi connectivity index (χ0) is 12.4. The summed E-state index contributed by atoms with van der Waals surface area (Å²) in [5, 5.41) is 3.61. The van der Waals surface area contributed by atoms with E-state index in [1.165, 1.54) is 37.1 Å². The number of ether oxygens (including phenoxy) is 1. The van der Waals surface area contributed by atoms with Crippen LogP contribution in [0.5, 0.6) is 5.75 Å². The molecular formula is C15H22N2O. The second-order valence-corrected chi connectivity index (χ2v) is 5.42. The lowest BCUT2D eigenvalue weighted by molar-refractivity contribution is 0.311. The van der Waals surface area contributed by atoms with E-state index in [0.717, 1.165) is 25.3 Å². The average Bonchev–Trinajstić information content (AvgIpc) is 2.41. The molecule has 3 nitrogen and oxygen atoms in total. The molecule has 0 aliphatic carbocycles. The van der Waals surface area contributed by atoms with Gasteiger partial charge in [0, 0.05) is 13.1 Å². The van der Waals surface area contributed by atoms with Gasteiger partial charge in [-0.05, 0) is 43.5 Å². The quantitative estimate of drug-likeness (QED) is 0.866. The van der Waals surface area contributed by atoms with E-state index < -0.39 is 0 Å². The summed E-state index contributed by atoms with van der Waals surface area (Å²) in [6.07, 6.45) is 5.15. The first-order valence-corrected chi connectivity index (χ1v) is 7.03. The summed E-state index contributed by atoms with van der Waals surface area (Å²) in [5.74, 6) is 1.03. The fourth-order valence-corrected chi connectivity index (χ4v) is 2.91. The van der Waals surface area contributed by atoms with Gasteiger partial charge in [0.1, 0.15) is 12.4 Å². The lowest BCUT2D eigenvalue weighted by atomic mass is 9.97. The molecule has 3 heteroatoms. The minimum absolute atomic E-state index is 0.659. The van der Waals surface area contributed by atoms with E-state index in [9.17, 15) is 0 Å². The van der Waals surface area contributed by atoms with Crippen molar-refractivity contribution >= 4 is 5.69 Å². The SMILES string of the molecule is CN1CCOc2ccc(CC3CCCCN3)cc21. The largest absolute Gasteiger partial charge is 0.490 e. The monoisotopic (exact) mass is 246 g/mol. The van der Waals surface area contributed by atoms with Gasteiger partial charge in [0.05, 0.1) is 12.2 Å². The maximum Gasteiger partial charge on any atom is 0.142 e. The van der Waals surface area contributed by atoms with Crippen LogP contribution < -0.4 is 15.0 Å². The van der Waals surface area contributed by atoms with Crippen molar-refractivity contribution in [3.8, 4) is 5.75 Å². The number of piperidine rings is 1. The highest BCUT2D eigenvalue weighted by atomic mass is 16.5. The van der Waals surface area contributed by atoms with Gasteiger partial charge >= 0.3 is 0 Å². The third-order valence-electron chi connectivity index (χ3n) is 4.01. The molecule has 1 aromatic carbocycles. The summed E-state index contributed by atoms with van der Waals surface area (Å²) in [4.78, 5) is 2.29. The van der Waals surface area contributed by atoms with Crippen molar-refractivity contribution in [3.05, 3.63) is 23.8 Å². The van der Waals surface area contributed by atoms with Crippen LogP contribution in [0.25, 0.3) is 0 Å². The lowest BCUT2D eigenvalue weighted by Gasteiger charge is -2.29. The first kappa shape index (κ1) is 11.8. The van der Waals surface area contributed by atoms with Crippen LogP contribution in [0.2, 0.25) is 0 Å². The fraction of sp³-hybridized carbons (Fsp3) is 0.600. The second-order valence-electron chi connectivity index (χ2n) is 5.42. The number of likely N-dealkylation sites (N-methyl/N-ethyl adjacent to an activating group) is 1. The van der Waals surface area contributed by atoms with Crippen molar-refractivity contribution in [1.29, 1.82) is 0 Å². The Bertz CT molecular complexity index is 413. The van der Waals surface area contributed by atoms with E-state index in [4.69, 9.17) is 4.74 Å². The molecule has 1 N–H and O–H groups in total. The number of fused-ring (bicyclic) bond motifs is 1. The number of anilines is 1. The van der Waals surface area contributed by atoms with Gasteiger partial charge in [-0.15, -0.1) is 0 Å². The zero-order valence-electron chi connectivity index (χ0n) is 11.1. The van der Waals surface area contributed by atoms with Crippen LogP contribution in [0.15, 0.2) is 18.2 Å². The summed E-state index contributed by atoms with van der Waals surface area (Å²) in [6.45, 7) is 2.96. The number of hydrogen-bond acceptors (Lipinski definition) is 3. The first-order chi connectivity index (χ1) is 8.83. The first-order valence-electron chi connectivity index (χ1n) is 7.03. The van der Waals surface area contributed by atoms with Gasteiger partial charge in [0.2, 0.25) is 0 Å². The molecular weight excluding hydrogens is 224 g/mol. The van der Waals surface area contributed by atoms with Crippen molar-refractivity contribution in [2.24, 2.45) is 0 Å². The molecule has 1 fully saturated rings. The molecule has 0 spiro atoms. The van der Waals surface area contributed by atoms with Crippen molar-refractivity contribution in [2.45, 2.75) is 31.7 Å². The van der Waals surface area contributed by atoms with Crippen LogP contribution in [-0.4, -0.2) is 32.8 Å². The molecule has 18 heavy (non-hydrogen) atoms. The molecule has 0 radical (unpaired) electrons. The van der Waals surface area contributed by atoms with E-state index in [1.807, 2.05) is 0 Å². The second kappa shape index (κ2) is 5.19. The molecule has 0 amide bonds. The molecule has 0 saturated carbocycles. The topological polar surface area (TPSA) is 24.5 Å². The minimum atomic E-state index is 0.659. The summed E-state index contributed by atoms with van der Waals surface area (Å²) < 4.78 is 5.68. The van der Waals surface area contributed by atoms with Crippen molar-refractivity contribution in [1.82, 2.24) is 5.32 Å². The van der Waals surface area contributed by atoms with Gasteiger partial charge in [-0.25, -0.2) is 0 Å². The molecule has 2 aliphatic heterocycles. The predicted molar refractivity (Wildman–Crippen MR) is 74.6 cm³/mol. The third kappa shape index (κ3) is 2.46. The summed E-state index contributed by atoms with van der Waals surface area (Å²) in [5.41, 5.74) is 2.67. The standard InChI is InChI=1S/C15H22N2O/c1-17-8-9-18-15-6-5-12(11-14(15)17)10-13-4-2-3-7-16-13/h5-6,11,13,16H,2-4,7-10H2,1H3. The van der Waals surface area contributed by atoms with Gasteiger partial charge in [0.25, 0.3) is 0 Å². The third-order valence-corrected chi connectivity index (χ3v) is 4.01. The van der Waals surface area contributed by atoms with Crippen LogP contribution >= 0.6 is 0 Å². The number of benzene rings is 1. The Labute approximate surface area is 109 Å². The number of nitrogens with zero attached hydrogens (tertiary/aromatic N) is 1. The van der Waals surface area contributed by atoms with E-state index in [0.29, 0.717) is 6.04 Å². The highest BCUT2D eigenvalue weighted by Gasteiger charge is 2.17. The fourth-order valence-electron chi connectivity index (χ4n) is 2.91. The Balaban J connectivity index is 1.74. The molecule has 1 unspecified atom stereocenters. The molecule has 2 aliphatic rings. The summed E-state index contributed by atoms with van der Waals surface area (Å²) >= 11 is 0. The molecule has 3 rings (SSSR count). The van der Waals surface area contributed by atoms with Gasteiger partial charge in [-0.3, -0.25) is 0 Å². The smallest absolute Gasteiger partial charge is 0.142 e. The zero-order valence-corrected chi connectivity index (χ0v) is 11.1. The van der Waals surface area contributed by atoms with E-state index in [-0.39, 0.29) is 0 Å². The van der Waals surface area contributed by atoms with Crippen LogP contribution in [0, 0.1) is 0 Å². The van der Waals surface area contributed by atoms with E-state index >= 15 is 0 Å². The molecule has 1 aromatic rings. The Morgan fingerprint density at radius 3 is 3.17 bits per heavy atom. The number of hydrogen-bond donors (Lipinski definition) is 1. The van der Waals surface area contributed by atoms with Crippen molar-refractivity contribution < 1.29 is 4.74 Å². The van der Waals surface area contributed by atoms with Gasteiger partial charge < -0.3 is 15.0 Å². The lowest BCUT2D eigenvalue weighted by Crippen LogP contribution is -2.35. The molecule has 0 aromatic heterocycles. The maximum atomic E-state index is 5.68. The van der Waals surface area contributed by atoms with Gasteiger partial charge in [-0.2, -0.15) is 0 Å². The maximum absolute atomic E-state index is 5.68. The van der Waals surface area contributed by atoms with Crippen molar-refractivity contribution in [3.63, 3.8) is 0 Å². The Kier molecular flexibility index (Phi) is 3.41. The van der Waals surface area contributed by atoms with Crippen LogP contribution in [0.4, 0.5) is 5.69 Å². The molecule has 98 valence electrons. The number of nitrogens with one attached hydrogen (secondary N) is 1. The van der Waals surface area contributed by atoms with Crippen LogP contribution in [0.1, 0.15) is 24.8 Å². The Morgan fingerprint density at radius 2 is 2.33 bits per heavy atom. The summed E-state index contributed by atoms with van der Waals surface area (Å²) in [7, 11) is 2.14. The molecule has 1 saturated heterocycles. The summed E-state index contributed by atoms with van der Waals surface area (Å²) in [6, 6.07) is 7.30. The van der Waals surface area contributed by atoms with E-state index in [2.05, 4.69) is 35.5 Å². The normalized spacial score (nSPS) is 23.4. The highest BCUT2D eigenvalue weighted by Crippen LogP contribution is 2.32. The Morgan fingerprint density at radius 1 is 1.39 bits per heavy atom. The molecule has 1 atom stereocenters.